The lowest BCUT2D eigenvalue weighted by Gasteiger charge is -2.34. The lowest BCUT2D eigenvalue weighted by molar-refractivity contribution is -0.105. The standard InChI is InChI=1S/C13H16ClF3N2S2/c1-8-4-11-10(5-9(8)14)18-12(19-21(11,2)3)6-20-7-13(15,16)17/h4-5,12,18-19H,2-3,6-7H2,1H3. The minimum absolute atomic E-state index is 0.268. The van der Waals surface area contributed by atoms with E-state index in [0.29, 0.717) is 5.02 Å². The first kappa shape index (κ1) is 16.9. The molecular formula is C13H16ClF3N2S2. The van der Waals surface area contributed by atoms with Crippen molar-refractivity contribution in [2.45, 2.75) is 24.2 Å². The van der Waals surface area contributed by atoms with Crippen molar-refractivity contribution < 1.29 is 13.2 Å². The van der Waals surface area contributed by atoms with Crippen LogP contribution in [0.15, 0.2) is 17.0 Å². The van der Waals surface area contributed by atoms with Crippen molar-refractivity contribution >= 4 is 50.2 Å². The largest absolute Gasteiger partial charge is 0.397 e. The average Bonchev–Trinajstić information content (AvgIpc) is 2.29. The van der Waals surface area contributed by atoms with Crippen molar-refractivity contribution in [2.75, 3.05) is 16.8 Å². The second-order valence-electron chi connectivity index (χ2n) is 4.93. The molecule has 0 amide bonds. The first-order chi connectivity index (χ1) is 9.58. The summed E-state index contributed by atoms with van der Waals surface area (Å²) in [6.07, 6.45) is -4.47. The summed E-state index contributed by atoms with van der Waals surface area (Å²) in [5.74, 6) is 7.59. The van der Waals surface area contributed by atoms with Gasteiger partial charge in [-0.25, -0.2) is 4.72 Å². The third kappa shape index (κ3) is 4.25. The number of thioether (sulfide) groups is 1. The Labute approximate surface area is 132 Å². The Hall–Kier alpha value is -0.500. The molecule has 1 unspecified atom stereocenters. The number of halogens is 4. The van der Waals surface area contributed by atoms with Gasteiger partial charge >= 0.3 is 6.18 Å². The first-order valence-electron chi connectivity index (χ1n) is 6.06. The normalized spacial score (nSPS) is 20.7. The van der Waals surface area contributed by atoms with Gasteiger partial charge in [0.2, 0.25) is 0 Å². The maximum Gasteiger partial charge on any atom is 0.397 e. The third-order valence-electron chi connectivity index (χ3n) is 2.93. The molecule has 0 bridgehead atoms. The third-order valence-corrected chi connectivity index (χ3v) is 6.35. The number of hydrogen-bond acceptors (Lipinski definition) is 3. The molecule has 1 aliphatic rings. The summed E-state index contributed by atoms with van der Waals surface area (Å²) in [6.45, 7) is 1.89. The summed E-state index contributed by atoms with van der Waals surface area (Å²) in [5, 5.41) is 3.78. The Bertz CT molecular complexity index is 642. The van der Waals surface area contributed by atoms with Gasteiger partial charge in [0.05, 0.1) is 17.6 Å². The molecule has 0 saturated carbocycles. The van der Waals surface area contributed by atoms with E-state index in [1.54, 1.807) is 6.07 Å². The number of hydrogen-bond donors (Lipinski definition) is 2. The quantitative estimate of drug-likeness (QED) is 0.793. The highest BCUT2D eigenvalue weighted by Gasteiger charge is 2.28. The van der Waals surface area contributed by atoms with Crippen LogP contribution in [-0.4, -0.2) is 35.6 Å². The molecule has 0 aromatic heterocycles. The highest BCUT2D eigenvalue weighted by molar-refractivity contribution is 8.26. The van der Waals surface area contributed by atoms with Gasteiger partial charge < -0.3 is 5.32 Å². The summed E-state index contributed by atoms with van der Waals surface area (Å²) in [7, 11) is -1.76. The van der Waals surface area contributed by atoms with Gasteiger partial charge in [-0.1, -0.05) is 23.3 Å². The molecule has 0 spiro atoms. The Morgan fingerprint density at radius 3 is 2.67 bits per heavy atom. The molecular weight excluding hydrogens is 341 g/mol. The summed E-state index contributed by atoms with van der Waals surface area (Å²) in [4.78, 5) is 0.932. The Morgan fingerprint density at radius 2 is 2.05 bits per heavy atom. The van der Waals surface area contributed by atoms with Crippen LogP contribution >= 0.6 is 32.8 Å². The fraction of sp³-hybridized carbons (Fsp3) is 0.385. The van der Waals surface area contributed by atoms with Crippen LogP contribution in [0.3, 0.4) is 0 Å². The molecule has 1 aromatic carbocycles. The van der Waals surface area contributed by atoms with Gasteiger partial charge in [-0.05, 0) is 24.6 Å². The van der Waals surface area contributed by atoms with Crippen LogP contribution in [-0.2, 0) is 0 Å². The highest BCUT2D eigenvalue weighted by Crippen LogP contribution is 2.42. The van der Waals surface area contributed by atoms with Gasteiger partial charge in [0.15, 0.2) is 0 Å². The van der Waals surface area contributed by atoms with Crippen LogP contribution in [0.1, 0.15) is 5.56 Å². The van der Waals surface area contributed by atoms with Crippen LogP contribution in [0, 0.1) is 6.92 Å². The van der Waals surface area contributed by atoms with E-state index in [9.17, 15) is 13.2 Å². The van der Waals surface area contributed by atoms with Crippen LogP contribution < -0.4 is 10.0 Å². The second kappa shape index (κ2) is 5.95. The van der Waals surface area contributed by atoms with Gasteiger partial charge in [-0.2, -0.15) is 13.2 Å². The van der Waals surface area contributed by atoms with Crippen molar-refractivity contribution in [3.8, 4) is 0 Å². The molecule has 118 valence electrons. The highest BCUT2D eigenvalue weighted by atomic mass is 35.5. The average molecular weight is 357 g/mol. The van der Waals surface area contributed by atoms with E-state index in [2.05, 4.69) is 21.8 Å². The number of alkyl halides is 3. The first-order valence-corrected chi connectivity index (χ1v) is 9.57. The van der Waals surface area contributed by atoms with Crippen molar-refractivity contribution in [1.29, 1.82) is 0 Å². The van der Waals surface area contributed by atoms with Gasteiger partial charge in [0, 0.05) is 15.7 Å². The zero-order valence-electron chi connectivity index (χ0n) is 11.4. The Kier molecular flexibility index (Phi) is 4.78. The summed E-state index contributed by atoms with van der Waals surface area (Å²) in [5.41, 5.74) is 1.72. The molecule has 0 aliphatic carbocycles. The van der Waals surface area contributed by atoms with Crippen LogP contribution in [0.2, 0.25) is 5.02 Å². The molecule has 1 aromatic rings. The minimum Gasteiger partial charge on any atom is -0.367 e. The number of aryl methyl sites for hydroxylation is 1. The molecule has 1 aliphatic heterocycles. The smallest absolute Gasteiger partial charge is 0.367 e. The van der Waals surface area contributed by atoms with E-state index >= 15 is 0 Å². The number of benzene rings is 1. The van der Waals surface area contributed by atoms with Gasteiger partial charge in [-0.3, -0.25) is 0 Å². The zero-order chi connectivity index (χ0) is 15.8. The zero-order valence-corrected chi connectivity index (χ0v) is 13.8. The summed E-state index contributed by atoms with van der Waals surface area (Å²) < 4.78 is 39.8. The van der Waals surface area contributed by atoms with Crippen LogP contribution in [0.25, 0.3) is 0 Å². The molecule has 21 heavy (non-hydrogen) atoms. The van der Waals surface area contributed by atoms with E-state index in [4.69, 9.17) is 11.6 Å². The molecule has 2 rings (SSSR count). The lowest BCUT2D eigenvalue weighted by atomic mass is 10.2. The van der Waals surface area contributed by atoms with Crippen LogP contribution in [0.5, 0.6) is 0 Å². The van der Waals surface area contributed by atoms with E-state index in [-0.39, 0.29) is 11.9 Å². The number of rotatable bonds is 3. The summed E-state index contributed by atoms with van der Waals surface area (Å²) in [6, 6.07) is 3.71. The van der Waals surface area contributed by atoms with Gasteiger partial charge in [-0.15, -0.1) is 21.2 Å². The minimum atomic E-state index is -4.16. The molecule has 2 N–H and O–H groups in total. The number of anilines is 1. The molecule has 0 saturated heterocycles. The predicted molar refractivity (Wildman–Crippen MR) is 90.2 cm³/mol. The maximum absolute atomic E-state index is 12.2. The number of fused-ring (bicyclic) bond motifs is 1. The van der Waals surface area contributed by atoms with E-state index in [0.717, 1.165) is 27.9 Å². The summed E-state index contributed by atoms with van der Waals surface area (Å²) >= 11 is 6.93. The Balaban J connectivity index is 2.16. The molecule has 1 heterocycles. The van der Waals surface area contributed by atoms with E-state index in [1.165, 1.54) is 0 Å². The van der Waals surface area contributed by atoms with Crippen molar-refractivity contribution in [3.63, 3.8) is 0 Å². The lowest BCUT2D eigenvalue weighted by Crippen LogP contribution is -2.40. The fourth-order valence-corrected chi connectivity index (χ4v) is 4.79. The van der Waals surface area contributed by atoms with E-state index < -0.39 is 21.3 Å². The molecule has 0 radical (unpaired) electrons. The van der Waals surface area contributed by atoms with Gasteiger partial charge in [0.25, 0.3) is 0 Å². The SMILES string of the molecule is C=S1(=C)NC(CSCC(F)(F)F)Nc2cc(Cl)c(C)cc21. The predicted octanol–water partition coefficient (Wildman–Crippen LogP) is 4.23. The monoisotopic (exact) mass is 356 g/mol. The molecule has 8 heteroatoms. The number of nitrogens with one attached hydrogen (secondary N) is 2. The fourth-order valence-electron chi connectivity index (χ4n) is 2.01. The molecule has 1 atom stereocenters. The topological polar surface area (TPSA) is 24.1 Å². The molecule has 0 fully saturated rings. The van der Waals surface area contributed by atoms with Crippen molar-refractivity contribution in [3.05, 3.63) is 22.7 Å². The van der Waals surface area contributed by atoms with Crippen molar-refractivity contribution in [2.24, 2.45) is 0 Å². The Morgan fingerprint density at radius 1 is 1.38 bits per heavy atom. The van der Waals surface area contributed by atoms with Crippen molar-refractivity contribution in [1.82, 2.24) is 4.72 Å². The van der Waals surface area contributed by atoms with E-state index in [1.807, 2.05) is 13.0 Å². The maximum atomic E-state index is 12.2. The van der Waals surface area contributed by atoms with Crippen LogP contribution in [0.4, 0.5) is 18.9 Å². The molecule has 2 nitrogen and oxygen atoms in total. The van der Waals surface area contributed by atoms with Gasteiger partial charge in [0.1, 0.15) is 0 Å². The second-order valence-corrected chi connectivity index (χ2v) is 8.81.